The van der Waals surface area contributed by atoms with Gasteiger partial charge in [-0.25, -0.2) is 0 Å². The number of ether oxygens (including phenoxy) is 1. The maximum atomic E-state index is 12.7. The highest BCUT2D eigenvalue weighted by Gasteiger charge is 2.62. The van der Waals surface area contributed by atoms with Crippen molar-refractivity contribution in [3.05, 3.63) is 29.8 Å². The Morgan fingerprint density at radius 3 is 2.31 bits per heavy atom. The van der Waals surface area contributed by atoms with Crippen LogP contribution in [0.25, 0.3) is 0 Å². The fraction of sp³-hybridized carbons (Fsp3) is 0.579. The van der Waals surface area contributed by atoms with E-state index < -0.39 is 11.0 Å². The first kappa shape index (κ1) is 22.4. The van der Waals surface area contributed by atoms with E-state index in [4.69, 9.17) is 10.5 Å². The number of carbonyl (C=O) groups excluding carboxylic acids is 2. The van der Waals surface area contributed by atoms with Gasteiger partial charge in [0.2, 0.25) is 5.91 Å². The maximum absolute atomic E-state index is 12.7. The molecule has 0 heterocycles. The monoisotopic (exact) mass is 383 g/mol. The number of nitrogens with two attached hydrogens (primary N) is 1. The average molecular weight is 384 g/mol. The highest BCUT2D eigenvalue weighted by atomic mass is 35.5. The Balaban J connectivity index is 0.00000338. The lowest BCUT2D eigenvalue weighted by molar-refractivity contribution is -0.166. The largest absolute Gasteiger partial charge is 0.378 e. The van der Waals surface area contributed by atoms with E-state index in [-0.39, 0.29) is 36.4 Å². The molecule has 1 saturated carbocycles. The summed E-state index contributed by atoms with van der Waals surface area (Å²) in [7, 11) is 0. The van der Waals surface area contributed by atoms with Crippen LogP contribution in [0.15, 0.2) is 24.3 Å². The molecule has 0 aromatic heterocycles. The van der Waals surface area contributed by atoms with Gasteiger partial charge >= 0.3 is 0 Å². The number of nitrogens with one attached hydrogen (secondary N) is 2. The molecule has 1 aliphatic rings. The summed E-state index contributed by atoms with van der Waals surface area (Å²) in [5.41, 5.74) is 6.13. The zero-order chi connectivity index (χ0) is 18.8. The van der Waals surface area contributed by atoms with Gasteiger partial charge in [0, 0.05) is 35.7 Å². The van der Waals surface area contributed by atoms with Crippen molar-refractivity contribution in [1.29, 1.82) is 0 Å². The number of hydrogen-bond donors (Lipinski definition) is 3. The van der Waals surface area contributed by atoms with E-state index >= 15 is 0 Å². The van der Waals surface area contributed by atoms with Crippen LogP contribution in [0.3, 0.4) is 0 Å². The number of anilines is 1. The van der Waals surface area contributed by atoms with Crippen LogP contribution in [-0.2, 0) is 9.53 Å². The molecule has 0 radical (unpaired) electrons. The van der Waals surface area contributed by atoms with E-state index in [9.17, 15) is 9.59 Å². The van der Waals surface area contributed by atoms with Crippen LogP contribution in [0.2, 0.25) is 0 Å². The lowest BCUT2D eigenvalue weighted by atomic mass is 9.54. The number of carbonyl (C=O) groups is 2. The van der Waals surface area contributed by atoms with Crippen LogP contribution in [0, 0.1) is 5.41 Å². The summed E-state index contributed by atoms with van der Waals surface area (Å²) in [6.07, 6.45) is 0.476. The second kappa shape index (κ2) is 8.37. The Morgan fingerprint density at radius 1 is 1.27 bits per heavy atom. The number of hydrogen-bond acceptors (Lipinski definition) is 4. The Morgan fingerprint density at radius 2 is 1.85 bits per heavy atom. The first-order valence-corrected chi connectivity index (χ1v) is 8.74. The normalized spacial score (nSPS) is 23.6. The van der Waals surface area contributed by atoms with Crippen molar-refractivity contribution in [3.63, 3.8) is 0 Å². The molecule has 1 aromatic carbocycles. The van der Waals surface area contributed by atoms with Crippen molar-refractivity contribution >= 4 is 29.9 Å². The van der Waals surface area contributed by atoms with Gasteiger partial charge in [0.1, 0.15) is 5.54 Å². The van der Waals surface area contributed by atoms with Crippen molar-refractivity contribution in [2.75, 3.05) is 11.9 Å². The molecule has 0 aliphatic heterocycles. The molecule has 1 aromatic rings. The molecule has 7 heteroatoms. The van der Waals surface area contributed by atoms with E-state index in [1.165, 1.54) is 0 Å². The van der Waals surface area contributed by atoms with Gasteiger partial charge in [0.05, 0.1) is 6.10 Å². The van der Waals surface area contributed by atoms with Crippen LogP contribution in [0.1, 0.15) is 51.4 Å². The average Bonchev–Trinajstić information content (AvgIpc) is 2.54. The summed E-state index contributed by atoms with van der Waals surface area (Å²) < 4.78 is 5.66. The number of benzene rings is 1. The Kier molecular flexibility index (Phi) is 7.22. The van der Waals surface area contributed by atoms with Crippen LogP contribution >= 0.6 is 12.4 Å². The number of halogens is 1. The molecule has 6 nitrogen and oxygen atoms in total. The number of amides is 2. The predicted octanol–water partition coefficient (Wildman–Crippen LogP) is 2.72. The molecule has 146 valence electrons. The molecular formula is C19H30ClN3O3. The van der Waals surface area contributed by atoms with Crippen LogP contribution in [0.5, 0.6) is 0 Å². The van der Waals surface area contributed by atoms with Gasteiger partial charge in [-0.05, 0) is 45.0 Å². The third-order valence-electron chi connectivity index (χ3n) is 5.06. The van der Waals surface area contributed by atoms with Gasteiger partial charge < -0.3 is 21.1 Å². The molecule has 0 saturated heterocycles. The van der Waals surface area contributed by atoms with Crippen LogP contribution in [-0.4, -0.2) is 36.1 Å². The molecule has 0 spiro atoms. The molecule has 4 N–H and O–H groups in total. The van der Waals surface area contributed by atoms with Gasteiger partial charge in [0.15, 0.2) is 0 Å². The Bertz CT molecular complexity index is 646. The minimum absolute atomic E-state index is 0. The van der Waals surface area contributed by atoms with E-state index in [1.807, 2.05) is 34.6 Å². The zero-order valence-corrected chi connectivity index (χ0v) is 16.9. The molecule has 2 unspecified atom stereocenters. The van der Waals surface area contributed by atoms with Crippen molar-refractivity contribution < 1.29 is 14.3 Å². The van der Waals surface area contributed by atoms with Gasteiger partial charge in [-0.1, -0.05) is 13.8 Å². The smallest absolute Gasteiger partial charge is 0.251 e. The van der Waals surface area contributed by atoms with Gasteiger partial charge in [-0.2, -0.15) is 0 Å². The summed E-state index contributed by atoms with van der Waals surface area (Å²) >= 11 is 0. The number of rotatable bonds is 6. The van der Waals surface area contributed by atoms with Crippen molar-refractivity contribution in [2.45, 2.75) is 58.7 Å². The zero-order valence-electron chi connectivity index (χ0n) is 16.1. The van der Waals surface area contributed by atoms with Crippen molar-refractivity contribution in [3.8, 4) is 0 Å². The second-order valence-corrected chi connectivity index (χ2v) is 7.50. The molecule has 1 aliphatic carbocycles. The molecule has 2 atom stereocenters. The minimum atomic E-state index is -0.972. The molecule has 2 amide bonds. The van der Waals surface area contributed by atoms with Gasteiger partial charge in [0.25, 0.3) is 5.91 Å². The second-order valence-electron chi connectivity index (χ2n) is 7.50. The lowest BCUT2D eigenvalue weighted by Gasteiger charge is -2.57. The van der Waals surface area contributed by atoms with E-state index in [1.54, 1.807) is 24.3 Å². The third-order valence-corrected chi connectivity index (χ3v) is 5.06. The summed E-state index contributed by atoms with van der Waals surface area (Å²) in [5, 5.41) is 5.69. The van der Waals surface area contributed by atoms with Crippen molar-refractivity contribution in [1.82, 2.24) is 5.32 Å². The van der Waals surface area contributed by atoms with E-state index in [0.717, 1.165) is 0 Å². The Hall–Kier alpha value is -1.63. The topological polar surface area (TPSA) is 93.4 Å². The third kappa shape index (κ3) is 4.19. The van der Waals surface area contributed by atoms with E-state index in [2.05, 4.69) is 10.6 Å². The molecule has 0 bridgehead atoms. The summed E-state index contributed by atoms with van der Waals surface area (Å²) in [5.74, 6) is -0.365. The molecular weight excluding hydrogens is 354 g/mol. The quantitative estimate of drug-likeness (QED) is 0.704. The van der Waals surface area contributed by atoms with Gasteiger partial charge in [-0.3, -0.25) is 9.59 Å². The Labute approximate surface area is 161 Å². The fourth-order valence-corrected chi connectivity index (χ4v) is 3.11. The van der Waals surface area contributed by atoms with Crippen LogP contribution < -0.4 is 16.4 Å². The molecule has 2 rings (SSSR count). The van der Waals surface area contributed by atoms with E-state index in [0.29, 0.717) is 24.3 Å². The summed E-state index contributed by atoms with van der Waals surface area (Å²) in [6.45, 7) is 10.3. The summed E-state index contributed by atoms with van der Waals surface area (Å²) in [4.78, 5) is 24.6. The summed E-state index contributed by atoms with van der Waals surface area (Å²) in [6, 6.07) is 6.87. The van der Waals surface area contributed by atoms with Crippen LogP contribution in [0.4, 0.5) is 5.69 Å². The molecule has 1 fully saturated rings. The SMILES string of the molecule is CCOC1CC(N)(C(=O)Nc2ccc(C(=O)NC(C)C)cc2)C1(C)C.Cl. The van der Waals surface area contributed by atoms with Gasteiger partial charge in [-0.15, -0.1) is 12.4 Å². The lowest BCUT2D eigenvalue weighted by Crippen LogP contribution is -2.74. The highest BCUT2D eigenvalue weighted by Crippen LogP contribution is 2.50. The fourth-order valence-electron chi connectivity index (χ4n) is 3.11. The minimum Gasteiger partial charge on any atom is -0.378 e. The first-order valence-electron chi connectivity index (χ1n) is 8.74. The first-order chi connectivity index (χ1) is 11.6. The predicted molar refractivity (Wildman–Crippen MR) is 106 cm³/mol. The molecule has 26 heavy (non-hydrogen) atoms. The standard InChI is InChI=1S/C19H29N3O3.ClH/c1-6-25-15-11-19(20,18(15,4)5)17(24)22-14-9-7-13(8-10-14)16(23)21-12(2)3;/h7-10,12,15H,6,11,20H2,1-5H3,(H,21,23)(H,22,24);1H. The maximum Gasteiger partial charge on any atom is 0.251 e. The highest BCUT2D eigenvalue weighted by molar-refractivity contribution is 6.00. The van der Waals surface area contributed by atoms with Crippen molar-refractivity contribution in [2.24, 2.45) is 11.1 Å².